The van der Waals surface area contributed by atoms with Crippen molar-refractivity contribution < 1.29 is 0 Å². The molecule has 1 heterocycles. The van der Waals surface area contributed by atoms with Crippen LogP contribution in [0.3, 0.4) is 0 Å². The van der Waals surface area contributed by atoms with Crippen LogP contribution in [-0.2, 0) is 0 Å². The topological polar surface area (TPSA) is 38.0 Å². The second-order valence-corrected chi connectivity index (χ2v) is 6.59. The molecule has 0 spiro atoms. The summed E-state index contributed by atoms with van der Waals surface area (Å²) in [5.74, 6) is 6.56. The Hall–Kier alpha value is 0.100. The molecule has 1 fully saturated rings. The third-order valence-corrected chi connectivity index (χ3v) is 5.51. The lowest BCUT2D eigenvalue weighted by molar-refractivity contribution is 0.359. The molecule has 0 aromatic carbocycles. The highest BCUT2D eigenvalue weighted by molar-refractivity contribution is 9.10. The zero-order valence-electron chi connectivity index (χ0n) is 10.1. The van der Waals surface area contributed by atoms with Gasteiger partial charge in [-0.25, -0.2) is 0 Å². The summed E-state index contributed by atoms with van der Waals surface area (Å²) in [4.78, 5) is 0. The average molecular weight is 317 g/mol. The Labute approximate surface area is 116 Å². The lowest BCUT2D eigenvalue weighted by Crippen LogP contribution is -2.29. The van der Waals surface area contributed by atoms with Gasteiger partial charge in [-0.1, -0.05) is 38.5 Å². The Morgan fingerprint density at radius 3 is 2.53 bits per heavy atom. The van der Waals surface area contributed by atoms with Gasteiger partial charge in [-0.2, -0.15) is 11.3 Å². The van der Waals surface area contributed by atoms with Crippen LogP contribution in [0.15, 0.2) is 15.2 Å². The molecule has 0 aliphatic heterocycles. The summed E-state index contributed by atoms with van der Waals surface area (Å²) in [7, 11) is 0. The van der Waals surface area contributed by atoms with Crippen molar-refractivity contribution in [3.8, 4) is 0 Å². The maximum atomic E-state index is 5.72. The summed E-state index contributed by atoms with van der Waals surface area (Å²) in [6.45, 7) is 0. The van der Waals surface area contributed by atoms with Crippen molar-refractivity contribution in [2.75, 3.05) is 0 Å². The maximum Gasteiger partial charge on any atom is 0.0482 e. The number of thiophene rings is 1. The summed E-state index contributed by atoms with van der Waals surface area (Å²) in [5, 5.41) is 4.33. The Bertz CT molecular complexity index is 332. The molecule has 0 bridgehead atoms. The lowest BCUT2D eigenvalue weighted by Gasteiger charge is -2.22. The first-order chi connectivity index (χ1) is 8.31. The van der Waals surface area contributed by atoms with E-state index in [9.17, 15) is 0 Å². The van der Waals surface area contributed by atoms with Gasteiger partial charge in [0.05, 0.1) is 0 Å². The third-order valence-electron chi connectivity index (χ3n) is 3.76. The Morgan fingerprint density at radius 2 is 2.00 bits per heavy atom. The van der Waals surface area contributed by atoms with E-state index in [1.165, 1.54) is 55.0 Å². The van der Waals surface area contributed by atoms with Crippen LogP contribution >= 0.6 is 27.3 Å². The smallest absolute Gasteiger partial charge is 0.0482 e. The zero-order chi connectivity index (χ0) is 12.1. The van der Waals surface area contributed by atoms with E-state index in [2.05, 4.69) is 32.1 Å². The summed E-state index contributed by atoms with van der Waals surface area (Å²) < 4.78 is 1.19. The normalized spacial score (nSPS) is 20.1. The van der Waals surface area contributed by atoms with E-state index in [0.29, 0.717) is 6.04 Å². The average Bonchev–Trinajstić information content (AvgIpc) is 2.62. The second-order valence-electron chi connectivity index (χ2n) is 4.99. The highest BCUT2D eigenvalue weighted by Crippen LogP contribution is 2.34. The number of hydrogen-bond acceptors (Lipinski definition) is 3. The van der Waals surface area contributed by atoms with E-state index in [0.717, 1.165) is 5.92 Å². The quantitative estimate of drug-likeness (QED) is 0.491. The van der Waals surface area contributed by atoms with Gasteiger partial charge in [0.2, 0.25) is 0 Å². The molecule has 1 saturated carbocycles. The number of nitrogens with one attached hydrogen (secondary N) is 1. The van der Waals surface area contributed by atoms with Gasteiger partial charge in [0.25, 0.3) is 0 Å². The van der Waals surface area contributed by atoms with Crippen molar-refractivity contribution in [3.05, 3.63) is 20.8 Å². The van der Waals surface area contributed by atoms with Crippen LogP contribution in [0.5, 0.6) is 0 Å². The molecule has 2 rings (SSSR count). The third kappa shape index (κ3) is 3.78. The molecule has 0 saturated heterocycles. The summed E-state index contributed by atoms with van der Waals surface area (Å²) in [6.07, 6.45) is 9.55. The van der Waals surface area contributed by atoms with Crippen LogP contribution in [0.25, 0.3) is 0 Å². The molecule has 1 unspecified atom stereocenters. The fraction of sp³-hybridized carbons (Fsp3) is 0.692. The number of hydrazine groups is 1. The minimum atomic E-state index is 0.304. The fourth-order valence-corrected chi connectivity index (χ4v) is 4.39. The van der Waals surface area contributed by atoms with Crippen LogP contribution in [0.2, 0.25) is 0 Å². The number of hydrogen-bond donors (Lipinski definition) is 2. The predicted molar refractivity (Wildman–Crippen MR) is 77.9 cm³/mol. The number of rotatable bonds is 4. The molecule has 1 aromatic heterocycles. The van der Waals surface area contributed by atoms with Crippen LogP contribution in [0.4, 0.5) is 0 Å². The Kier molecular flexibility index (Phi) is 5.48. The van der Waals surface area contributed by atoms with E-state index >= 15 is 0 Å². The van der Waals surface area contributed by atoms with Crippen LogP contribution in [-0.4, -0.2) is 0 Å². The lowest BCUT2D eigenvalue weighted by atomic mass is 9.91. The molecule has 0 amide bonds. The Morgan fingerprint density at radius 1 is 1.29 bits per heavy atom. The molecular formula is C13H21BrN2S. The molecule has 96 valence electrons. The zero-order valence-corrected chi connectivity index (χ0v) is 12.5. The van der Waals surface area contributed by atoms with Crippen molar-refractivity contribution in [1.82, 2.24) is 5.43 Å². The first-order valence-corrected chi connectivity index (χ1v) is 8.22. The maximum absolute atomic E-state index is 5.72. The fourth-order valence-electron chi connectivity index (χ4n) is 2.76. The number of nitrogens with two attached hydrogens (primary N) is 1. The largest absolute Gasteiger partial charge is 0.271 e. The van der Waals surface area contributed by atoms with Gasteiger partial charge >= 0.3 is 0 Å². The summed E-state index contributed by atoms with van der Waals surface area (Å²) in [6, 6.07) is 0.304. The highest BCUT2D eigenvalue weighted by atomic mass is 79.9. The predicted octanol–water partition coefficient (Wildman–Crippen LogP) is 4.38. The van der Waals surface area contributed by atoms with Gasteiger partial charge < -0.3 is 0 Å². The van der Waals surface area contributed by atoms with Crippen molar-refractivity contribution >= 4 is 27.3 Å². The van der Waals surface area contributed by atoms with Gasteiger partial charge in [0.15, 0.2) is 0 Å². The van der Waals surface area contributed by atoms with Crippen molar-refractivity contribution in [2.24, 2.45) is 11.8 Å². The van der Waals surface area contributed by atoms with Crippen LogP contribution in [0, 0.1) is 5.92 Å². The first kappa shape index (κ1) is 13.5. The molecule has 3 N–H and O–H groups in total. The van der Waals surface area contributed by atoms with Gasteiger partial charge in [-0.15, -0.1) is 0 Å². The first-order valence-electron chi connectivity index (χ1n) is 6.49. The van der Waals surface area contributed by atoms with Crippen molar-refractivity contribution in [2.45, 2.75) is 51.0 Å². The van der Waals surface area contributed by atoms with E-state index in [1.54, 1.807) is 11.3 Å². The molecule has 1 aliphatic rings. The minimum Gasteiger partial charge on any atom is -0.271 e. The molecule has 17 heavy (non-hydrogen) atoms. The molecule has 1 atom stereocenters. The number of halogens is 1. The minimum absolute atomic E-state index is 0.304. The Balaban J connectivity index is 1.97. The van der Waals surface area contributed by atoms with Gasteiger partial charge in [0.1, 0.15) is 0 Å². The summed E-state index contributed by atoms with van der Waals surface area (Å²) in [5.41, 5.74) is 4.31. The van der Waals surface area contributed by atoms with Crippen molar-refractivity contribution in [1.29, 1.82) is 0 Å². The molecule has 2 nitrogen and oxygen atoms in total. The molecule has 1 aliphatic carbocycles. The molecular weight excluding hydrogens is 296 g/mol. The standard InChI is InChI=1S/C13H21BrN2S/c14-12-9-17-8-11(12)13(16-15)7-10-5-3-1-2-4-6-10/h8-10,13,16H,1-7,15H2. The van der Waals surface area contributed by atoms with Crippen molar-refractivity contribution in [3.63, 3.8) is 0 Å². The van der Waals surface area contributed by atoms with Gasteiger partial charge in [-0.3, -0.25) is 11.3 Å². The van der Waals surface area contributed by atoms with Gasteiger partial charge in [0, 0.05) is 15.9 Å². The van der Waals surface area contributed by atoms with E-state index in [-0.39, 0.29) is 0 Å². The second kappa shape index (κ2) is 6.88. The highest BCUT2D eigenvalue weighted by Gasteiger charge is 2.20. The summed E-state index contributed by atoms with van der Waals surface area (Å²) >= 11 is 5.34. The van der Waals surface area contributed by atoms with E-state index in [4.69, 9.17) is 5.84 Å². The van der Waals surface area contributed by atoms with Gasteiger partial charge in [-0.05, 0) is 39.2 Å². The van der Waals surface area contributed by atoms with E-state index in [1.807, 2.05) is 0 Å². The van der Waals surface area contributed by atoms with Crippen LogP contribution in [0.1, 0.15) is 56.6 Å². The SMILES string of the molecule is NNC(CC1CCCCCC1)c1cscc1Br. The van der Waals surface area contributed by atoms with Crippen LogP contribution < -0.4 is 11.3 Å². The molecule has 1 aromatic rings. The molecule has 0 radical (unpaired) electrons. The molecule has 4 heteroatoms. The monoisotopic (exact) mass is 316 g/mol. The van der Waals surface area contributed by atoms with E-state index < -0.39 is 0 Å².